The number of carbonyl (C=O) groups is 5. The Labute approximate surface area is 249 Å². The maximum atomic E-state index is 14.0. The van der Waals surface area contributed by atoms with Gasteiger partial charge in [0.25, 0.3) is 0 Å². The van der Waals surface area contributed by atoms with Crippen molar-refractivity contribution in [3.05, 3.63) is 0 Å². The summed E-state index contributed by atoms with van der Waals surface area (Å²) >= 11 is 0. The van der Waals surface area contributed by atoms with E-state index in [4.69, 9.17) is 9.47 Å². The van der Waals surface area contributed by atoms with E-state index < -0.39 is 5.41 Å². The highest BCUT2D eigenvalue weighted by Gasteiger charge is 2.66. The second-order valence-electron chi connectivity index (χ2n) is 16.0. The van der Waals surface area contributed by atoms with Crippen molar-refractivity contribution in [2.75, 3.05) is 6.79 Å². The van der Waals surface area contributed by atoms with Gasteiger partial charge in [0.2, 0.25) is 0 Å². The molecule has 8 atom stereocenters. The largest absolute Gasteiger partial charge is 0.438 e. The quantitative estimate of drug-likeness (QED) is 0.289. The Morgan fingerprint density at radius 3 is 2.31 bits per heavy atom. The molecule has 8 saturated carbocycles. The highest BCUT2D eigenvalue weighted by atomic mass is 16.7. The van der Waals surface area contributed by atoms with Gasteiger partial charge >= 0.3 is 5.97 Å². The monoisotopic (exact) mass is 580 g/mol. The number of Topliss-reactive ketones (excluding diaryl/α,β-unsaturated/α-hetero) is 4. The molecule has 0 radical (unpaired) electrons. The summed E-state index contributed by atoms with van der Waals surface area (Å²) < 4.78 is 11.6. The van der Waals surface area contributed by atoms with Gasteiger partial charge in [-0.15, -0.1) is 0 Å². The molecule has 0 spiro atoms. The van der Waals surface area contributed by atoms with Crippen molar-refractivity contribution in [3.63, 3.8) is 0 Å². The first-order valence-electron chi connectivity index (χ1n) is 16.9. The van der Waals surface area contributed by atoms with Gasteiger partial charge in [0.1, 0.15) is 23.1 Å². The van der Waals surface area contributed by atoms with Crippen molar-refractivity contribution in [3.8, 4) is 0 Å². The van der Waals surface area contributed by atoms with Crippen LogP contribution in [0.1, 0.15) is 104 Å². The molecule has 4 bridgehead atoms. The summed E-state index contributed by atoms with van der Waals surface area (Å²) in [5.74, 6) is 2.78. The minimum atomic E-state index is -0.530. The van der Waals surface area contributed by atoms with E-state index in [1.807, 2.05) is 0 Å². The van der Waals surface area contributed by atoms with E-state index >= 15 is 0 Å². The molecule has 42 heavy (non-hydrogen) atoms. The van der Waals surface area contributed by atoms with Crippen molar-refractivity contribution < 1.29 is 33.4 Å². The molecule has 8 rings (SSSR count). The Hall–Kier alpha value is -1.89. The predicted octanol–water partition coefficient (Wildman–Crippen LogP) is 5.51. The number of hydrogen-bond acceptors (Lipinski definition) is 7. The molecule has 0 saturated heterocycles. The molecule has 0 N–H and O–H groups in total. The summed E-state index contributed by atoms with van der Waals surface area (Å²) in [6.07, 6.45) is 9.36. The lowest BCUT2D eigenvalue weighted by Gasteiger charge is -2.58. The molecule has 7 heteroatoms. The van der Waals surface area contributed by atoms with Crippen LogP contribution in [0.3, 0.4) is 0 Å². The summed E-state index contributed by atoms with van der Waals surface area (Å²) in [4.78, 5) is 64.9. The number of hydrogen-bond donors (Lipinski definition) is 0. The standard InChI is InChI=1S/C35H48O7/c1-18(4-7-30(39)41-17-42-33-21-10-19-11-22(33)13-20(12-21)32(19)40)25-5-6-26-31-27(16-29(38)35(25,26)3)34(2)9-8-24(36)14-23(34)15-28(31)37/h18-23,25-27,31,33H,4-17H2,1-3H3. The fraction of sp³-hybridized carbons (Fsp3) is 0.857. The summed E-state index contributed by atoms with van der Waals surface area (Å²) in [7, 11) is 0. The maximum absolute atomic E-state index is 14.0. The van der Waals surface area contributed by atoms with Crippen molar-refractivity contribution in [2.24, 2.45) is 70.0 Å². The summed E-state index contributed by atoms with van der Waals surface area (Å²) in [6, 6.07) is 0. The van der Waals surface area contributed by atoms with E-state index in [1.165, 1.54) is 0 Å². The Balaban J connectivity index is 0.938. The molecule has 8 fully saturated rings. The topological polar surface area (TPSA) is 104 Å². The fourth-order valence-electron chi connectivity index (χ4n) is 12.0. The van der Waals surface area contributed by atoms with Gasteiger partial charge < -0.3 is 9.47 Å². The number of rotatable bonds is 7. The van der Waals surface area contributed by atoms with Crippen LogP contribution in [-0.2, 0) is 33.4 Å². The van der Waals surface area contributed by atoms with E-state index in [1.54, 1.807) is 0 Å². The van der Waals surface area contributed by atoms with Crippen LogP contribution in [0.4, 0.5) is 0 Å². The van der Waals surface area contributed by atoms with Gasteiger partial charge in [-0.2, -0.15) is 0 Å². The minimum Gasteiger partial charge on any atom is -0.438 e. The molecule has 0 heterocycles. The molecule has 0 amide bonds. The molecule has 230 valence electrons. The van der Waals surface area contributed by atoms with Crippen LogP contribution < -0.4 is 0 Å². The van der Waals surface area contributed by atoms with Gasteiger partial charge in [-0.3, -0.25) is 24.0 Å². The average molecular weight is 581 g/mol. The highest BCUT2D eigenvalue weighted by Crippen LogP contribution is 2.66. The van der Waals surface area contributed by atoms with E-state index in [-0.39, 0.29) is 83.2 Å². The highest BCUT2D eigenvalue weighted by molar-refractivity contribution is 5.93. The third kappa shape index (κ3) is 4.33. The second-order valence-corrected chi connectivity index (χ2v) is 16.0. The zero-order valence-corrected chi connectivity index (χ0v) is 25.6. The van der Waals surface area contributed by atoms with E-state index in [0.717, 1.165) is 44.9 Å². The van der Waals surface area contributed by atoms with E-state index in [2.05, 4.69) is 20.8 Å². The SMILES string of the molecule is CC(CCC(=O)OCOC1C2CC3CC1CC(C2)C3=O)C1CCC2C3C(=O)CC4CC(=O)CCC4(C)C3CC(=O)C12C. The van der Waals surface area contributed by atoms with Crippen LogP contribution in [0.15, 0.2) is 0 Å². The molecule has 7 nitrogen and oxygen atoms in total. The lowest BCUT2D eigenvalue weighted by atomic mass is 9.44. The number of carbonyl (C=O) groups excluding carboxylic acids is 5. The Kier molecular flexibility index (Phi) is 7.11. The van der Waals surface area contributed by atoms with Crippen molar-refractivity contribution in [1.29, 1.82) is 0 Å². The molecule has 0 aromatic heterocycles. The molecular formula is C35H48O7. The van der Waals surface area contributed by atoms with Crippen LogP contribution in [0, 0.1) is 70.0 Å². The third-order valence-electron chi connectivity index (χ3n) is 14.3. The van der Waals surface area contributed by atoms with Crippen LogP contribution >= 0.6 is 0 Å². The summed E-state index contributed by atoms with van der Waals surface area (Å²) in [6.45, 7) is 6.50. The average Bonchev–Trinajstić information content (AvgIpc) is 3.30. The van der Waals surface area contributed by atoms with Crippen molar-refractivity contribution in [1.82, 2.24) is 0 Å². The normalized spacial score (nSPS) is 48.1. The van der Waals surface area contributed by atoms with Gasteiger partial charge in [0.05, 0.1) is 6.10 Å². The Morgan fingerprint density at radius 2 is 1.62 bits per heavy atom. The third-order valence-corrected chi connectivity index (χ3v) is 14.3. The molecule has 8 aliphatic carbocycles. The Morgan fingerprint density at radius 1 is 0.929 bits per heavy atom. The molecule has 8 unspecified atom stereocenters. The smallest absolute Gasteiger partial charge is 0.307 e. The minimum absolute atomic E-state index is 0.0214. The van der Waals surface area contributed by atoms with Gasteiger partial charge in [-0.25, -0.2) is 0 Å². The predicted molar refractivity (Wildman–Crippen MR) is 153 cm³/mol. The van der Waals surface area contributed by atoms with Crippen LogP contribution in [0.2, 0.25) is 0 Å². The van der Waals surface area contributed by atoms with Crippen LogP contribution in [0.25, 0.3) is 0 Å². The molecule has 0 aromatic rings. The first kappa shape index (κ1) is 28.9. The number of ether oxygens (including phenoxy) is 2. The lowest BCUT2D eigenvalue weighted by Crippen LogP contribution is -2.60. The van der Waals surface area contributed by atoms with Crippen molar-refractivity contribution in [2.45, 2.75) is 110 Å². The number of esters is 1. The van der Waals surface area contributed by atoms with Crippen LogP contribution in [-0.4, -0.2) is 42.0 Å². The van der Waals surface area contributed by atoms with E-state index in [9.17, 15) is 24.0 Å². The fourth-order valence-corrected chi connectivity index (χ4v) is 12.0. The summed E-state index contributed by atoms with van der Waals surface area (Å²) in [5.41, 5.74) is -0.634. The van der Waals surface area contributed by atoms with Crippen molar-refractivity contribution >= 4 is 29.1 Å². The molecule has 8 aliphatic rings. The molecule has 0 aromatic carbocycles. The molecule has 0 aliphatic heterocycles. The van der Waals surface area contributed by atoms with Gasteiger partial charge in [0, 0.05) is 55.3 Å². The first-order chi connectivity index (χ1) is 20.0. The van der Waals surface area contributed by atoms with Crippen LogP contribution in [0.5, 0.6) is 0 Å². The number of fused-ring (bicyclic) bond motifs is 5. The zero-order chi connectivity index (χ0) is 29.6. The Bertz CT molecular complexity index is 1160. The van der Waals surface area contributed by atoms with E-state index in [0.29, 0.717) is 61.9 Å². The maximum Gasteiger partial charge on any atom is 0.307 e. The van der Waals surface area contributed by atoms with Gasteiger partial charge in [-0.1, -0.05) is 20.8 Å². The lowest BCUT2D eigenvalue weighted by molar-refractivity contribution is -0.188. The molecular weight excluding hydrogens is 532 g/mol. The van der Waals surface area contributed by atoms with Gasteiger partial charge in [-0.05, 0) is 98.2 Å². The number of ketones is 4. The van der Waals surface area contributed by atoms with Gasteiger partial charge in [0.15, 0.2) is 6.79 Å². The summed E-state index contributed by atoms with van der Waals surface area (Å²) in [5, 5.41) is 0. The second kappa shape index (κ2) is 10.3. The first-order valence-corrected chi connectivity index (χ1v) is 16.9. The zero-order valence-electron chi connectivity index (χ0n) is 25.6.